The largest absolute Gasteiger partial charge is 0.463 e. The van der Waals surface area contributed by atoms with Gasteiger partial charge in [0.05, 0.1) is 6.61 Å². The zero-order chi connectivity index (χ0) is 17.6. The Bertz CT molecular complexity index is 943. The van der Waals surface area contributed by atoms with Gasteiger partial charge in [0.2, 0.25) is 0 Å². The van der Waals surface area contributed by atoms with Gasteiger partial charge in [0.15, 0.2) is 0 Å². The van der Waals surface area contributed by atoms with Crippen LogP contribution in [0.5, 0.6) is 5.75 Å². The third kappa shape index (κ3) is 3.86. The fourth-order valence-corrected chi connectivity index (χ4v) is 2.89. The van der Waals surface area contributed by atoms with E-state index in [2.05, 4.69) is 30.8 Å². The highest BCUT2D eigenvalue weighted by atomic mass is 16.5. The van der Waals surface area contributed by atoms with E-state index in [0.717, 1.165) is 34.4 Å². The Kier molecular flexibility index (Phi) is 5.09. The van der Waals surface area contributed by atoms with Gasteiger partial charge in [-0.15, -0.1) is 0 Å². The maximum atomic E-state index is 11.0. The molecule has 0 N–H and O–H groups in total. The summed E-state index contributed by atoms with van der Waals surface area (Å²) in [6.07, 6.45) is 2.78. The molecule has 0 fully saturated rings. The number of benzene rings is 3. The lowest BCUT2D eigenvalue weighted by atomic mass is 9.98. The molecule has 3 aromatic carbocycles. The maximum Gasteiger partial charge on any atom is 0.330 e. The lowest BCUT2D eigenvalue weighted by Crippen LogP contribution is -2.02. The predicted molar refractivity (Wildman–Crippen MR) is 97.6 cm³/mol. The van der Waals surface area contributed by atoms with Gasteiger partial charge < -0.3 is 9.47 Å². The van der Waals surface area contributed by atoms with Crippen LogP contribution in [-0.4, -0.2) is 19.0 Å². The Labute approximate surface area is 145 Å². The van der Waals surface area contributed by atoms with Crippen LogP contribution in [0, 0.1) is 0 Å². The normalized spacial score (nSPS) is 10.6. The van der Waals surface area contributed by atoms with Gasteiger partial charge in [-0.3, -0.25) is 4.79 Å². The number of ether oxygens (including phenoxy) is 2. The lowest BCUT2D eigenvalue weighted by Gasteiger charge is -2.08. The van der Waals surface area contributed by atoms with Gasteiger partial charge in [-0.2, -0.15) is 0 Å². The first kappa shape index (κ1) is 16.7. The summed E-state index contributed by atoms with van der Waals surface area (Å²) in [6, 6.07) is 16.0. The first-order chi connectivity index (χ1) is 12.2. The summed E-state index contributed by atoms with van der Waals surface area (Å²) in [7, 11) is 0. The molecular weight excluding hydrogens is 316 g/mol. The van der Waals surface area contributed by atoms with Gasteiger partial charge in [0.1, 0.15) is 5.75 Å². The number of fused-ring (bicyclic) bond motifs is 3. The Morgan fingerprint density at radius 2 is 1.72 bits per heavy atom. The van der Waals surface area contributed by atoms with Gasteiger partial charge in [0.25, 0.3) is 6.47 Å². The van der Waals surface area contributed by atoms with Crippen molar-refractivity contribution in [2.45, 2.75) is 12.8 Å². The lowest BCUT2D eigenvalue weighted by molar-refractivity contribution is -0.137. The smallest absolute Gasteiger partial charge is 0.330 e. The molecule has 0 aliphatic rings. The summed E-state index contributed by atoms with van der Waals surface area (Å²) < 4.78 is 9.90. The number of aryl methyl sites for hydroxylation is 1. The Balaban J connectivity index is 1.80. The predicted octanol–water partition coefficient (Wildman–Crippen LogP) is 4.19. The quantitative estimate of drug-likeness (QED) is 0.214. The van der Waals surface area contributed by atoms with Crippen molar-refractivity contribution in [1.29, 1.82) is 0 Å². The van der Waals surface area contributed by atoms with Crippen molar-refractivity contribution < 1.29 is 19.1 Å². The average molecular weight is 334 g/mol. The molecule has 0 bridgehead atoms. The molecule has 0 saturated carbocycles. The average Bonchev–Trinajstić information content (AvgIpc) is 2.64. The number of carbonyl (C=O) groups is 2. The molecule has 4 nitrogen and oxygen atoms in total. The fraction of sp³-hybridized carbons (Fsp3) is 0.143. The van der Waals surface area contributed by atoms with Crippen molar-refractivity contribution in [2.75, 3.05) is 6.61 Å². The number of hydrogen-bond acceptors (Lipinski definition) is 4. The van der Waals surface area contributed by atoms with Crippen LogP contribution in [0.25, 0.3) is 21.5 Å². The summed E-state index contributed by atoms with van der Waals surface area (Å²) in [5.74, 6) is 0.149. The monoisotopic (exact) mass is 334 g/mol. The number of esters is 1. The highest BCUT2D eigenvalue weighted by Gasteiger charge is 2.04. The van der Waals surface area contributed by atoms with Crippen molar-refractivity contribution >= 4 is 34.0 Å². The van der Waals surface area contributed by atoms with Crippen LogP contribution in [0.2, 0.25) is 0 Å². The van der Waals surface area contributed by atoms with Crippen LogP contribution in [0.3, 0.4) is 0 Å². The van der Waals surface area contributed by atoms with Crippen molar-refractivity contribution in [1.82, 2.24) is 0 Å². The zero-order valence-corrected chi connectivity index (χ0v) is 13.7. The molecule has 0 aliphatic heterocycles. The maximum absolute atomic E-state index is 11.0. The van der Waals surface area contributed by atoms with E-state index in [1.165, 1.54) is 11.6 Å². The molecular formula is C21H18O4. The van der Waals surface area contributed by atoms with Crippen molar-refractivity contribution in [2.24, 2.45) is 0 Å². The standard InChI is InChI=1S/C21H18O4/c1-2-21(23)24-11-3-4-15-5-9-19-16(12-15)6-7-17-13-18(25-14-22)8-10-20(17)19/h2,5-10,12-14H,1,3-4,11H2. The molecule has 0 amide bonds. The molecule has 126 valence electrons. The molecule has 0 saturated heterocycles. The van der Waals surface area contributed by atoms with Gasteiger partial charge in [0, 0.05) is 6.08 Å². The second kappa shape index (κ2) is 7.62. The number of hydrogen-bond donors (Lipinski definition) is 0. The number of carbonyl (C=O) groups excluding carboxylic acids is 2. The minimum Gasteiger partial charge on any atom is -0.463 e. The van der Waals surface area contributed by atoms with E-state index < -0.39 is 0 Å². The molecule has 0 aliphatic carbocycles. The first-order valence-corrected chi connectivity index (χ1v) is 8.06. The fourth-order valence-electron chi connectivity index (χ4n) is 2.89. The number of rotatable bonds is 7. The minimum absolute atomic E-state index is 0.386. The van der Waals surface area contributed by atoms with E-state index in [0.29, 0.717) is 18.8 Å². The van der Waals surface area contributed by atoms with Crippen molar-refractivity contribution in [3.05, 3.63) is 66.7 Å². The Hall–Kier alpha value is -3.14. The molecule has 0 spiro atoms. The second-order valence-electron chi connectivity index (χ2n) is 5.69. The van der Waals surface area contributed by atoms with Crippen LogP contribution in [0.4, 0.5) is 0 Å². The summed E-state index contributed by atoms with van der Waals surface area (Å²) >= 11 is 0. The highest BCUT2D eigenvalue weighted by molar-refractivity contribution is 6.08. The van der Waals surface area contributed by atoms with E-state index in [1.807, 2.05) is 18.2 Å². The Morgan fingerprint density at radius 3 is 2.44 bits per heavy atom. The van der Waals surface area contributed by atoms with Gasteiger partial charge in [-0.25, -0.2) is 4.79 Å². The van der Waals surface area contributed by atoms with Crippen LogP contribution < -0.4 is 4.74 Å². The van der Waals surface area contributed by atoms with Crippen LogP contribution in [0.15, 0.2) is 61.2 Å². The minimum atomic E-state index is -0.386. The third-order valence-corrected chi connectivity index (χ3v) is 4.08. The molecule has 0 atom stereocenters. The molecule has 3 rings (SSSR count). The molecule has 25 heavy (non-hydrogen) atoms. The topological polar surface area (TPSA) is 52.6 Å². The van der Waals surface area contributed by atoms with Gasteiger partial charge >= 0.3 is 5.97 Å². The molecule has 4 heteroatoms. The molecule has 0 unspecified atom stereocenters. The summed E-state index contributed by atoms with van der Waals surface area (Å²) in [5, 5.41) is 4.44. The molecule has 0 heterocycles. The zero-order valence-electron chi connectivity index (χ0n) is 13.7. The van der Waals surface area contributed by atoms with Crippen molar-refractivity contribution in [3.8, 4) is 5.75 Å². The Morgan fingerprint density at radius 1 is 1.00 bits per heavy atom. The van der Waals surface area contributed by atoms with Crippen LogP contribution >= 0.6 is 0 Å². The summed E-state index contributed by atoms with van der Waals surface area (Å²) in [4.78, 5) is 21.5. The van der Waals surface area contributed by atoms with E-state index >= 15 is 0 Å². The first-order valence-electron chi connectivity index (χ1n) is 8.06. The van der Waals surface area contributed by atoms with Crippen LogP contribution in [0.1, 0.15) is 12.0 Å². The molecule has 0 radical (unpaired) electrons. The van der Waals surface area contributed by atoms with E-state index in [9.17, 15) is 9.59 Å². The molecule has 3 aromatic rings. The summed E-state index contributed by atoms with van der Waals surface area (Å²) in [5.41, 5.74) is 1.20. The van der Waals surface area contributed by atoms with Gasteiger partial charge in [-0.1, -0.05) is 43.0 Å². The van der Waals surface area contributed by atoms with E-state index in [-0.39, 0.29) is 5.97 Å². The molecule has 0 aromatic heterocycles. The highest BCUT2D eigenvalue weighted by Crippen LogP contribution is 2.29. The third-order valence-electron chi connectivity index (χ3n) is 4.08. The summed E-state index contributed by atoms with van der Waals surface area (Å²) in [6.45, 7) is 4.19. The van der Waals surface area contributed by atoms with Crippen molar-refractivity contribution in [3.63, 3.8) is 0 Å². The SMILES string of the molecule is C=CC(=O)OCCCc1ccc2c(ccc3cc(OC=O)ccc32)c1. The van der Waals surface area contributed by atoms with E-state index in [4.69, 9.17) is 9.47 Å². The van der Waals surface area contributed by atoms with Gasteiger partial charge in [-0.05, 0) is 52.1 Å². The van der Waals surface area contributed by atoms with E-state index in [1.54, 1.807) is 6.07 Å². The van der Waals surface area contributed by atoms with Crippen LogP contribution in [-0.2, 0) is 20.7 Å². The second-order valence-corrected chi connectivity index (χ2v) is 5.69.